The van der Waals surface area contributed by atoms with Gasteiger partial charge in [-0.05, 0) is 23.7 Å². The Kier molecular flexibility index (Phi) is 4.00. The molecule has 0 bridgehead atoms. The van der Waals surface area contributed by atoms with Crippen LogP contribution in [0, 0.1) is 11.3 Å². The van der Waals surface area contributed by atoms with Crippen molar-refractivity contribution in [2.24, 2.45) is 0 Å². The quantitative estimate of drug-likeness (QED) is 0.866. The maximum absolute atomic E-state index is 8.80. The third-order valence-electron chi connectivity index (χ3n) is 2.09. The Bertz CT molecular complexity index is 658. The minimum Gasteiger partial charge on any atom is -0.493 e. The molecule has 96 valence electrons. The summed E-state index contributed by atoms with van der Waals surface area (Å²) in [6.07, 6.45) is 0. The molecule has 2 rings (SSSR count). The molecule has 0 fully saturated rings. The Labute approximate surface area is 118 Å². The topological polar surface area (TPSA) is 80.9 Å². The molecule has 19 heavy (non-hydrogen) atoms. The highest BCUT2D eigenvalue weighted by molar-refractivity contribution is 6.31. The molecule has 0 aliphatic heterocycles. The van der Waals surface area contributed by atoms with Gasteiger partial charge in [-0.2, -0.15) is 10.2 Å². The van der Waals surface area contributed by atoms with Gasteiger partial charge in [-0.3, -0.25) is 0 Å². The molecule has 6 nitrogen and oxygen atoms in total. The molecule has 1 heterocycles. The zero-order valence-corrected chi connectivity index (χ0v) is 11.1. The number of methoxy groups -OCH3 is 1. The second-order valence-electron chi connectivity index (χ2n) is 3.26. The lowest BCUT2D eigenvalue weighted by Gasteiger charge is -2.09. The van der Waals surface area contributed by atoms with Crippen molar-refractivity contribution in [3.8, 4) is 23.4 Å². The first kappa shape index (κ1) is 13.3. The van der Waals surface area contributed by atoms with E-state index in [0.717, 1.165) is 0 Å². The highest BCUT2D eigenvalue weighted by Crippen LogP contribution is 2.33. The summed E-state index contributed by atoms with van der Waals surface area (Å²) < 4.78 is 10.6. The molecule has 0 amide bonds. The number of rotatable bonds is 3. The molecule has 0 radical (unpaired) electrons. The van der Waals surface area contributed by atoms with Crippen LogP contribution in [-0.4, -0.2) is 22.3 Å². The van der Waals surface area contributed by atoms with Crippen molar-refractivity contribution >= 4 is 23.2 Å². The van der Waals surface area contributed by atoms with E-state index in [2.05, 4.69) is 15.2 Å². The van der Waals surface area contributed by atoms with Gasteiger partial charge in [-0.1, -0.05) is 11.6 Å². The van der Waals surface area contributed by atoms with E-state index in [9.17, 15) is 0 Å². The van der Waals surface area contributed by atoms with Crippen LogP contribution in [0.15, 0.2) is 18.2 Å². The zero-order valence-electron chi connectivity index (χ0n) is 9.59. The Hall–Kier alpha value is -2.10. The normalized spacial score (nSPS) is 9.79. The van der Waals surface area contributed by atoms with Gasteiger partial charge >= 0.3 is 0 Å². The summed E-state index contributed by atoms with van der Waals surface area (Å²) in [4.78, 5) is 3.80. The van der Waals surface area contributed by atoms with Gasteiger partial charge in [0, 0.05) is 6.07 Å². The molecule has 2 aromatic rings. The number of ether oxygens (including phenoxy) is 2. The van der Waals surface area contributed by atoms with Gasteiger partial charge in [-0.25, -0.2) is 0 Å². The first-order valence-corrected chi connectivity index (χ1v) is 5.71. The van der Waals surface area contributed by atoms with Crippen molar-refractivity contribution in [3.63, 3.8) is 0 Å². The van der Waals surface area contributed by atoms with Crippen molar-refractivity contribution in [1.29, 1.82) is 5.26 Å². The SMILES string of the molecule is COc1cc(C#N)ccc1Oc1nc(Cl)nnc1Cl. The number of halogens is 2. The van der Waals surface area contributed by atoms with Crippen molar-refractivity contribution < 1.29 is 9.47 Å². The highest BCUT2D eigenvalue weighted by Gasteiger charge is 2.12. The zero-order chi connectivity index (χ0) is 13.8. The molecule has 0 saturated carbocycles. The van der Waals surface area contributed by atoms with Crippen LogP contribution in [0.2, 0.25) is 10.4 Å². The van der Waals surface area contributed by atoms with Crippen LogP contribution < -0.4 is 9.47 Å². The fourth-order valence-electron chi connectivity index (χ4n) is 1.27. The van der Waals surface area contributed by atoms with E-state index in [1.165, 1.54) is 13.2 Å². The first-order chi connectivity index (χ1) is 9.13. The average Bonchev–Trinajstić information content (AvgIpc) is 2.43. The first-order valence-electron chi connectivity index (χ1n) is 4.95. The monoisotopic (exact) mass is 296 g/mol. The van der Waals surface area contributed by atoms with Gasteiger partial charge in [0.1, 0.15) is 0 Å². The molecule has 0 unspecified atom stereocenters. The summed E-state index contributed by atoms with van der Waals surface area (Å²) in [7, 11) is 1.45. The highest BCUT2D eigenvalue weighted by atomic mass is 35.5. The number of nitrogens with zero attached hydrogens (tertiary/aromatic N) is 4. The number of benzene rings is 1. The molecule has 8 heteroatoms. The Morgan fingerprint density at radius 3 is 2.68 bits per heavy atom. The predicted octanol–water partition coefficient (Wildman–Crippen LogP) is 2.85. The van der Waals surface area contributed by atoms with Gasteiger partial charge in [-0.15, -0.1) is 10.2 Å². The van der Waals surface area contributed by atoms with Crippen LogP contribution in [0.3, 0.4) is 0 Å². The molecule has 0 aliphatic rings. The third-order valence-corrected chi connectivity index (χ3v) is 2.49. The van der Waals surface area contributed by atoms with Crippen molar-refractivity contribution in [2.45, 2.75) is 0 Å². The molecule has 0 spiro atoms. The fourth-order valence-corrected chi connectivity index (χ4v) is 1.50. The van der Waals surface area contributed by atoms with Gasteiger partial charge < -0.3 is 9.47 Å². The van der Waals surface area contributed by atoms with Crippen LogP contribution in [0.1, 0.15) is 5.56 Å². The summed E-state index contributed by atoms with van der Waals surface area (Å²) in [6.45, 7) is 0. The minimum atomic E-state index is -0.0907. The lowest BCUT2D eigenvalue weighted by Crippen LogP contribution is -1.97. The van der Waals surface area contributed by atoms with Gasteiger partial charge in [0.05, 0.1) is 18.7 Å². The van der Waals surface area contributed by atoms with Crippen molar-refractivity contribution in [2.75, 3.05) is 7.11 Å². The maximum Gasteiger partial charge on any atom is 0.262 e. The molecular weight excluding hydrogens is 291 g/mol. The number of aromatic nitrogens is 3. The lowest BCUT2D eigenvalue weighted by atomic mass is 10.2. The molecule has 0 atom stereocenters. The van der Waals surface area contributed by atoms with E-state index >= 15 is 0 Å². The second-order valence-corrected chi connectivity index (χ2v) is 3.95. The summed E-state index contributed by atoms with van der Waals surface area (Å²) in [5.41, 5.74) is 0.439. The number of nitriles is 1. The Morgan fingerprint density at radius 2 is 2.00 bits per heavy atom. The van der Waals surface area contributed by atoms with Crippen LogP contribution in [0.5, 0.6) is 17.4 Å². The Morgan fingerprint density at radius 1 is 1.21 bits per heavy atom. The largest absolute Gasteiger partial charge is 0.493 e. The van der Waals surface area contributed by atoms with Gasteiger partial charge in [0.2, 0.25) is 10.4 Å². The summed E-state index contributed by atoms with van der Waals surface area (Å²) in [5, 5.41) is 15.7. The molecule has 0 N–H and O–H groups in total. The van der Waals surface area contributed by atoms with Gasteiger partial charge in [0.15, 0.2) is 11.5 Å². The van der Waals surface area contributed by atoms with Crippen LogP contribution >= 0.6 is 23.2 Å². The van der Waals surface area contributed by atoms with E-state index in [0.29, 0.717) is 17.1 Å². The van der Waals surface area contributed by atoms with E-state index in [1.807, 2.05) is 6.07 Å². The van der Waals surface area contributed by atoms with Crippen LogP contribution in [0.4, 0.5) is 0 Å². The smallest absolute Gasteiger partial charge is 0.262 e. The van der Waals surface area contributed by atoms with Crippen LogP contribution in [0.25, 0.3) is 0 Å². The second kappa shape index (κ2) is 5.69. The van der Waals surface area contributed by atoms with Crippen molar-refractivity contribution in [1.82, 2.24) is 15.2 Å². The average molecular weight is 297 g/mol. The molecule has 1 aromatic heterocycles. The predicted molar refractivity (Wildman–Crippen MR) is 67.6 cm³/mol. The van der Waals surface area contributed by atoms with Gasteiger partial charge in [0.25, 0.3) is 5.88 Å². The van der Waals surface area contributed by atoms with Crippen molar-refractivity contribution in [3.05, 3.63) is 34.2 Å². The molecule has 1 aromatic carbocycles. The molecule has 0 aliphatic carbocycles. The van der Waals surface area contributed by atoms with E-state index in [1.54, 1.807) is 12.1 Å². The van der Waals surface area contributed by atoms with Crippen LogP contribution in [-0.2, 0) is 0 Å². The summed E-state index contributed by atoms with van der Waals surface area (Å²) in [6, 6.07) is 6.65. The van der Waals surface area contributed by atoms with E-state index < -0.39 is 0 Å². The molecular formula is C11H6Cl2N4O2. The minimum absolute atomic E-state index is 0.00433. The van der Waals surface area contributed by atoms with E-state index in [-0.39, 0.29) is 16.3 Å². The molecule has 0 saturated heterocycles. The lowest BCUT2D eigenvalue weighted by molar-refractivity contribution is 0.373. The summed E-state index contributed by atoms with van der Waals surface area (Å²) >= 11 is 11.4. The number of hydrogen-bond donors (Lipinski definition) is 0. The fraction of sp³-hybridized carbons (Fsp3) is 0.0909. The maximum atomic E-state index is 8.80. The third kappa shape index (κ3) is 3.02. The van der Waals surface area contributed by atoms with E-state index in [4.69, 9.17) is 37.9 Å². The Balaban J connectivity index is 2.38. The number of hydrogen-bond acceptors (Lipinski definition) is 6. The summed E-state index contributed by atoms with van der Waals surface area (Å²) in [5.74, 6) is 0.703. The standard InChI is InChI=1S/C11H6Cl2N4O2/c1-18-8-4-6(5-14)2-3-7(8)19-10-9(12)16-17-11(13)15-10/h2-4H,1H3.